The molecule has 0 atom stereocenters. The van der Waals surface area contributed by atoms with Gasteiger partial charge in [-0.3, -0.25) is 4.98 Å². The average Bonchev–Trinajstić information content (AvgIpc) is 2.62. The topological polar surface area (TPSA) is 12.9 Å². The van der Waals surface area contributed by atoms with E-state index in [0.717, 1.165) is 11.3 Å². The van der Waals surface area contributed by atoms with E-state index in [9.17, 15) is 0 Å². The fourth-order valence-corrected chi connectivity index (χ4v) is 2.99. The van der Waals surface area contributed by atoms with Crippen LogP contribution in [-0.2, 0) is 0 Å². The van der Waals surface area contributed by atoms with Gasteiger partial charge in [-0.15, -0.1) is 0 Å². The third-order valence-corrected chi connectivity index (χ3v) is 4.19. The third kappa shape index (κ3) is 2.51. The van der Waals surface area contributed by atoms with E-state index in [-0.39, 0.29) is 0 Å². The molecular weight excluding hydrogens is 278 g/mol. The Morgan fingerprint density at radius 2 is 1.35 bits per heavy atom. The fraction of sp³-hybridized carbons (Fsp3) is 0.0455. The van der Waals surface area contributed by atoms with Gasteiger partial charge in [0.1, 0.15) is 0 Å². The van der Waals surface area contributed by atoms with Crippen molar-refractivity contribution in [3.8, 4) is 22.4 Å². The second-order valence-corrected chi connectivity index (χ2v) is 5.80. The molecule has 0 spiro atoms. The van der Waals surface area contributed by atoms with E-state index in [1.807, 2.05) is 12.3 Å². The lowest BCUT2D eigenvalue weighted by Crippen LogP contribution is -1.91. The summed E-state index contributed by atoms with van der Waals surface area (Å²) in [6.07, 6.45) is 1.97. The molecule has 0 N–H and O–H groups in total. The van der Waals surface area contributed by atoms with E-state index in [1.54, 1.807) is 0 Å². The van der Waals surface area contributed by atoms with E-state index < -0.39 is 0 Å². The summed E-state index contributed by atoms with van der Waals surface area (Å²) in [5.74, 6) is 0. The van der Waals surface area contributed by atoms with Crippen molar-refractivity contribution < 1.29 is 0 Å². The minimum absolute atomic E-state index is 1.04. The van der Waals surface area contributed by atoms with Crippen LogP contribution in [0.2, 0.25) is 0 Å². The Hall–Kier alpha value is -2.93. The number of rotatable bonds is 2. The molecule has 4 aromatic rings. The predicted octanol–water partition coefficient (Wildman–Crippen LogP) is 5.88. The summed E-state index contributed by atoms with van der Waals surface area (Å²) in [4.78, 5) is 4.78. The molecule has 4 rings (SSSR count). The highest BCUT2D eigenvalue weighted by atomic mass is 14.7. The fourth-order valence-electron chi connectivity index (χ4n) is 2.99. The maximum Gasteiger partial charge on any atom is 0.0786 e. The minimum Gasteiger partial charge on any atom is -0.255 e. The Labute approximate surface area is 136 Å². The lowest BCUT2D eigenvalue weighted by molar-refractivity contribution is 1.35. The SMILES string of the molecule is Cc1ccc(-c2c(-c3ccccc3)ncc3ccccc23)cc1. The number of nitrogens with zero attached hydrogens (tertiary/aromatic N) is 1. The van der Waals surface area contributed by atoms with Gasteiger partial charge in [0.05, 0.1) is 5.69 Å². The van der Waals surface area contributed by atoms with Crippen LogP contribution in [0.25, 0.3) is 33.2 Å². The Balaban J connectivity index is 2.07. The van der Waals surface area contributed by atoms with Crippen molar-refractivity contribution in [3.05, 3.63) is 90.6 Å². The molecule has 1 heteroatoms. The van der Waals surface area contributed by atoms with Gasteiger partial charge in [0, 0.05) is 22.7 Å². The van der Waals surface area contributed by atoms with Crippen molar-refractivity contribution >= 4 is 10.8 Å². The number of aromatic nitrogens is 1. The van der Waals surface area contributed by atoms with Crippen LogP contribution in [-0.4, -0.2) is 4.98 Å². The molecule has 0 amide bonds. The molecule has 0 unspecified atom stereocenters. The first-order valence-corrected chi connectivity index (χ1v) is 7.83. The summed E-state index contributed by atoms with van der Waals surface area (Å²) < 4.78 is 0. The summed E-state index contributed by atoms with van der Waals surface area (Å²) in [5, 5.41) is 2.41. The van der Waals surface area contributed by atoms with Crippen LogP contribution >= 0.6 is 0 Å². The molecule has 23 heavy (non-hydrogen) atoms. The molecule has 1 aromatic heterocycles. The standard InChI is InChI=1S/C22H17N/c1-16-11-13-17(14-12-16)21-20-10-6-5-9-19(20)15-23-22(21)18-7-3-2-4-8-18/h2-15H,1H3. The normalized spacial score (nSPS) is 10.8. The summed E-state index contributed by atoms with van der Waals surface area (Å²) in [6.45, 7) is 2.11. The first-order chi connectivity index (χ1) is 11.3. The number of pyridine rings is 1. The molecule has 3 aromatic carbocycles. The smallest absolute Gasteiger partial charge is 0.0786 e. The molecular formula is C22H17N. The van der Waals surface area contributed by atoms with Crippen LogP contribution in [0.4, 0.5) is 0 Å². The van der Waals surface area contributed by atoms with Crippen molar-refractivity contribution in [2.45, 2.75) is 6.92 Å². The second-order valence-electron chi connectivity index (χ2n) is 5.80. The van der Waals surface area contributed by atoms with Gasteiger partial charge >= 0.3 is 0 Å². The number of benzene rings is 3. The van der Waals surface area contributed by atoms with Crippen LogP contribution in [0, 0.1) is 6.92 Å². The highest BCUT2D eigenvalue weighted by Gasteiger charge is 2.12. The van der Waals surface area contributed by atoms with Gasteiger partial charge in [-0.2, -0.15) is 0 Å². The van der Waals surface area contributed by atoms with Crippen LogP contribution in [0.3, 0.4) is 0 Å². The van der Waals surface area contributed by atoms with E-state index >= 15 is 0 Å². The molecule has 0 aliphatic rings. The Kier molecular flexibility index (Phi) is 3.39. The second kappa shape index (κ2) is 5.69. The third-order valence-electron chi connectivity index (χ3n) is 4.19. The van der Waals surface area contributed by atoms with E-state index in [0.29, 0.717) is 0 Å². The minimum atomic E-state index is 1.04. The zero-order chi connectivity index (χ0) is 15.6. The quantitative estimate of drug-likeness (QED) is 0.450. The van der Waals surface area contributed by atoms with Crippen molar-refractivity contribution in [2.24, 2.45) is 0 Å². The molecule has 1 nitrogen and oxygen atoms in total. The number of fused-ring (bicyclic) bond motifs is 1. The lowest BCUT2D eigenvalue weighted by Gasteiger charge is -2.13. The number of hydrogen-bond donors (Lipinski definition) is 0. The molecule has 0 fully saturated rings. The summed E-state index contributed by atoms with van der Waals surface area (Å²) >= 11 is 0. The van der Waals surface area contributed by atoms with Crippen molar-refractivity contribution in [3.63, 3.8) is 0 Å². The van der Waals surface area contributed by atoms with E-state index in [2.05, 4.69) is 79.7 Å². The molecule has 0 aliphatic carbocycles. The van der Waals surface area contributed by atoms with Gasteiger partial charge in [0.15, 0.2) is 0 Å². The van der Waals surface area contributed by atoms with E-state index in [4.69, 9.17) is 4.98 Å². The maximum atomic E-state index is 4.78. The largest absolute Gasteiger partial charge is 0.255 e. The summed E-state index contributed by atoms with van der Waals surface area (Å²) in [5.41, 5.74) is 5.86. The predicted molar refractivity (Wildman–Crippen MR) is 97.4 cm³/mol. The van der Waals surface area contributed by atoms with E-state index in [1.165, 1.54) is 27.5 Å². The molecule has 0 radical (unpaired) electrons. The Morgan fingerprint density at radius 1 is 0.652 bits per heavy atom. The molecule has 0 bridgehead atoms. The monoisotopic (exact) mass is 295 g/mol. The van der Waals surface area contributed by atoms with Crippen LogP contribution in [0.1, 0.15) is 5.56 Å². The molecule has 0 aliphatic heterocycles. The molecule has 1 heterocycles. The highest BCUT2D eigenvalue weighted by molar-refractivity contribution is 6.02. The maximum absolute atomic E-state index is 4.78. The first-order valence-electron chi connectivity index (χ1n) is 7.83. The van der Waals surface area contributed by atoms with Gasteiger partial charge in [0.25, 0.3) is 0 Å². The van der Waals surface area contributed by atoms with Crippen molar-refractivity contribution in [2.75, 3.05) is 0 Å². The zero-order valence-electron chi connectivity index (χ0n) is 13.0. The Morgan fingerprint density at radius 3 is 2.13 bits per heavy atom. The van der Waals surface area contributed by atoms with Gasteiger partial charge in [-0.1, -0.05) is 84.4 Å². The molecule has 110 valence electrons. The first kappa shape index (κ1) is 13.7. The van der Waals surface area contributed by atoms with Gasteiger partial charge in [-0.05, 0) is 17.9 Å². The Bertz CT molecular complexity index is 954. The van der Waals surface area contributed by atoms with Gasteiger partial charge in [-0.25, -0.2) is 0 Å². The highest BCUT2D eigenvalue weighted by Crippen LogP contribution is 2.36. The summed E-state index contributed by atoms with van der Waals surface area (Å²) in [6, 6.07) is 27.5. The van der Waals surface area contributed by atoms with Crippen LogP contribution in [0.15, 0.2) is 85.1 Å². The zero-order valence-corrected chi connectivity index (χ0v) is 13.0. The van der Waals surface area contributed by atoms with Gasteiger partial charge in [0.2, 0.25) is 0 Å². The lowest BCUT2D eigenvalue weighted by atomic mass is 9.94. The number of aryl methyl sites for hydroxylation is 1. The summed E-state index contributed by atoms with van der Waals surface area (Å²) in [7, 11) is 0. The number of hydrogen-bond acceptors (Lipinski definition) is 1. The van der Waals surface area contributed by atoms with Crippen molar-refractivity contribution in [1.82, 2.24) is 4.98 Å². The van der Waals surface area contributed by atoms with Crippen molar-refractivity contribution in [1.29, 1.82) is 0 Å². The van der Waals surface area contributed by atoms with Crippen LogP contribution in [0.5, 0.6) is 0 Å². The van der Waals surface area contributed by atoms with Gasteiger partial charge < -0.3 is 0 Å². The molecule has 0 saturated carbocycles. The average molecular weight is 295 g/mol. The van der Waals surface area contributed by atoms with Crippen LogP contribution < -0.4 is 0 Å². The molecule has 0 saturated heterocycles.